The molecule has 0 aliphatic rings. The van der Waals surface area contributed by atoms with Gasteiger partial charge in [-0.15, -0.1) is 0 Å². The van der Waals surface area contributed by atoms with Crippen LogP contribution in [0.4, 0.5) is 0 Å². The van der Waals surface area contributed by atoms with Crippen LogP contribution in [0, 0.1) is 0 Å². The van der Waals surface area contributed by atoms with E-state index < -0.39 is 0 Å². The Bertz CT molecular complexity index is 90.3. The zero-order valence-electron chi connectivity index (χ0n) is 7.87. The van der Waals surface area contributed by atoms with Gasteiger partial charge in [0.2, 0.25) is 0 Å². The molecule has 0 heterocycles. The molecule has 0 aromatic carbocycles. The lowest BCUT2D eigenvalue weighted by atomic mass is 10.3. The second-order valence-electron chi connectivity index (χ2n) is 2.95. The van der Waals surface area contributed by atoms with Crippen molar-refractivity contribution in [1.29, 1.82) is 0 Å². The molecule has 0 amide bonds. The maximum absolute atomic E-state index is 5.43. The lowest BCUT2D eigenvalue weighted by Crippen LogP contribution is -2.33. The van der Waals surface area contributed by atoms with E-state index in [4.69, 9.17) is 11.5 Å². The lowest BCUT2D eigenvalue weighted by Gasteiger charge is -2.25. The first-order valence-electron chi connectivity index (χ1n) is 4.54. The highest BCUT2D eigenvalue weighted by molar-refractivity contribution is 7.80. The summed E-state index contributed by atoms with van der Waals surface area (Å²) in [6.07, 6.45) is 2.07. The molecule has 1 atom stereocenters. The zero-order valence-corrected chi connectivity index (χ0v) is 8.76. The average Bonchev–Trinajstić information content (AvgIpc) is 2.04. The van der Waals surface area contributed by atoms with E-state index in [0.717, 1.165) is 39.0 Å². The molecule has 1 unspecified atom stereocenters. The minimum Gasteiger partial charge on any atom is -0.330 e. The fraction of sp³-hybridized carbons (Fsp3) is 1.00. The van der Waals surface area contributed by atoms with Gasteiger partial charge in [0.05, 0.1) is 0 Å². The summed E-state index contributed by atoms with van der Waals surface area (Å²) < 4.78 is 0. The second-order valence-corrected chi connectivity index (χ2v) is 3.70. The molecule has 0 aromatic rings. The van der Waals surface area contributed by atoms with Crippen molar-refractivity contribution in [2.75, 3.05) is 26.2 Å². The molecule has 4 heteroatoms. The first-order valence-corrected chi connectivity index (χ1v) is 5.06. The van der Waals surface area contributed by atoms with E-state index in [9.17, 15) is 0 Å². The first-order chi connectivity index (χ1) is 5.72. The lowest BCUT2D eigenvalue weighted by molar-refractivity contribution is 0.264. The van der Waals surface area contributed by atoms with Crippen molar-refractivity contribution in [3.05, 3.63) is 0 Å². The zero-order chi connectivity index (χ0) is 9.40. The molecule has 0 saturated carbocycles. The van der Waals surface area contributed by atoms with Gasteiger partial charge in [0.1, 0.15) is 0 Å². The highest BCUT2D eigenvalue weighted by Crippen LogP contribution is 2.04. The third-order valence-electron chi connectivity index (χ3n) is 1.83. The van der Waals surface area contributed by atoms with Gasteiger partial charge < -0.3 is 11.5 Å². The van der Waals surface area contributed by atoms with Gasteiger partial charge in [-0.1, -0.05) is 0 Å². The van der Waals surface area contributed by atoms with Gasteiger partial charge in [-0.2, -0.15) is 12.6 Å². The minimum absolute atomic E-state index is 0.308. The molecule has 12 heavy (non-hydrogen) atoms. The van der Waals surface area contributed by atoms with Gasteiger partial charge in [-0.3, -0.25) is 4.90 Å². The topological polar surface area (TPSA) is 55.3 Å². The molecule has 0 bridgehead atoms. The number of nitrogens with zero attached hydrogens (tertiary/aromatic N) is 1. The van der Waals surface area contributed by atoms with Crippen molar-refractivity contribution in [3.8, 4) is 0 Å². The van der Waals surface area contributed by atoms with Crippen LogP contribution in [0.15, 0.2) is 0 Å². The number of rotatable bonds is 7. The summed E-state index contributed by atoms with van der Waals surface area (Å²) in [6.45, 7) is 5.64. The van der Waals surface area contributed by atoms with E-state index in [-0.39, 0.29) is 0 Å². The van der Waals surface area contributed by atoms with Crippen LogP contribution in [0.5, 0.6) is 0 Å². The molecular formula is C8H21N3S. The SMILES string of the molecule is CC(S)N(CCCN)CCCN. The standard InChI is InChI=1S/C8H21N3S/c1-8(12)11(6-2-4-9)7-3-5-10/h8,12H,2-7,9-10H2,1H3. The van der Waals surface area contributed by atoms with E-state index in [1.54, 1.807) is 0 Å². The van der Waals surface area contributed by atoms with Crippen LogP contribution < -0.4 is 11.5 Å². The number of thiol groups is 1. The summed E-state index contributed by atoms with van der Waals surface area (Å²) in [7, 11) is 0. The fourth-order valence-electron chi connectivity index (χ4n) is 1.07. The highest BCUT2D eigenvalue weighted by Gasteiger charge is 2.07. The molecule has 0 radical (unpaired) electrons. The maximum Gasteiger partial charge on any atom is 0.0499 e. The van der Waals surface area contributed by atoms with E-state index >= 15 is 0 Å². The summed E-state index contributed by atoms with van der Waals surface area (Å²) >= 11 is 4.38. The van der Waals surface area contributed by atoms with Crippen LogP contribution in [0.2, 0.25) is 0 Å². The maximum atomic E-state index is 5.43. The molecule has 3 nitrogen and oxygen atoms in total. The monoisotopic (exact) mass is 191 g/mol. The van der Waals surface area contributed by atoms with E-state index in [0.29, 0.717) is 5.37 Å². The normalized spacial score (nSPS) is 13.8. The molecular weight excluding hydrogens is 170 g/mol. The Hall–Kier alpha value is 0.230. The summed E-state index contributed by atoms with van der Waals surface area (Å²) in [4.78, 5) is 2.29. The van der Waals surface area contributed by atoms with Crippen LogP contribution >= 0.6 is 12.6 Å². The smallest absolute Gasteiger partial charge is 0.0499 e. The van der Waals surface area contributed by atoms with Crippen LogP contribution in [0.3, 0.4) is 0 Å². The quantitative estimate of drug-likeness (QED) is 0.400. The molecule has 74 valence electrons. The van der Waals surface area contributed by atoms with Crippen molar-refractivity contribution in [2.24, 2.45) is 11.5 Å². The van der Waals surface area contributed by atoms with Crippen molar-refractivity contribution < 1.29 is 0 Å². The summed E-state index contributed by atoms with van der Waals surface area (Å²) in [5.74, 6) is 0. The molecule has 0 saturated heterocycles. The molecule has 0 aliphatic carbocycles. The second kappa shape index (κ2) is 7.86. The number of nitrogens with two attached hydrogens (primary N) is 2. The first kappa shape index (κ1) is 12.2. The van der Waals surface area contributed by atoms with E-state index in [2.05, 4.69) is 24.5 Å². The fourth-order valence-corrected chi connectivity index (χ4v) is 1.31. The Morgan fingerprint density at radius 3 is 1.83 bits per heavy atom. The third-order valence-corrected chi connectivity index (χ3v) is 2.15. The number of hydrogen-bond acceptors (Lipinski definition) is 4. The molecule has 0 spiro atoms. The summed E-state index contributed by atoms with van der Waals surface area (Å²) in [5, 5.41) is 0.308. The molecule has 0 aromatic heterocycles. The number of hydrogen-bond donors (Lipinski definition) is 3. The van der Waals surface area contributed by atoms with E-state index in [1.807, 2.05) is 0 Å². The van der Waals surface area contributed by atoms with Crippen molar-refractivity contribution in [2.45, 2.75) is 25.1 Å². The molecule has 0 aliphatic heterocycles. The largest absolute Gasteiger partial charge is 0.330 e. The summed E-state index contributed by atoms with van der Waals surface area (Å²) in [5.41, 5.74) is 10.9. The van der Waals surface area contributed by atoms with Crippen LogP contribution in [0.25, 0.3) is 0 Å². The van der Waals surface area contributed by atoms with Crippen molar-refractivity contribution in [1.82, 2.24) is 4.90 Å². The van der Waals surface area contributed by atoms with Gasteiger partial charge in [-0.25, -0.2) is 0 Å². The Kier molecular flexibility index (Phi) is 8.01. The van der Waals surface area contributed by atoms with Crippen LogP contribution in [0.1, 0.15) is 19.8 Å². The average molecular weight is 191 g/mol. The van der Waals surface area contributed by atoms with Gasteiger partial charge in [-0.05, 0) is 32.9 Å². The predicted octanol–water partition coefficient (Wildman–Crippen LogP) is 0.262. The van der Waals surface area contributed by atoms with Crippen molar-refractivity contribution in [3.63, 3.8) is 0 Å². The van der Waals surface area contributed by atoms with Gasteiger partial charge in [0.25, 0.3) is 0 Å². The van der Waals surface area contributed by atoms with Gasteiger partial charge in [0.15, 0.2) is 0 Å². The summed E-state index contributed by atoms with van der Waals surface area (Å²) in [6, 6.07) is 0. The molecule has 0 fully saturated rings. The van der Waals surface area contributed by atoms with E-state index in [1.165, 1.54) is 0 Å². The molecule has 4 N–H and O–H groups in total. The van der Waals surface area contributed by atoms with Gasteiger partial charge >= 0.3 is 0 Å². The molecule has 0 rings (SSSR count). The Labute approximate surface area is 80.9 Å². The Morgan fingerprint density at radius 1 is 1.17 bits per heavy atom. The van der Waals surface area contributed by atoms with Crippen LogP contribution in [-0.4, -0.2) is 36.5 Å². The van der Waals surface area contributed by atoms with Crippen molar-refractivity contribution >= 4 is 12.6 Å². The van der Waals surface area contributed by atoms with Crippen LogP contribution in [-0.2, 0) is 0 Å². The highest BCUT2D eigenvalue weighted by atomic mass is 32.1. The Morgan fingerprint density at radius 2 is 1.58 bits per heavy atom. The Balaban J connectivity index is 3.55. The third kappa shape index (κ3) is 5.83. The minimum atomic E-state index is 0.308. The van der Waals surface area contributed by atoms with Gasteiger partial charge in [0, 0.05) is 18.5 Å². The predicted molar refractivity (Wildman–Crippen MR) is 57.4 cm³/mol.